The summed E-state index contributed by atoms with van der Waals surface area (Å²) < 4.78 is 16.1. The predicted molar refractivity (Wildman–Crippen MR) is 104 cm³/mol. The molecular formula is C22H22O5. The molecular weight excluding hydrogens is 344 g/mol. The smallest absolute Gasteiger partial charge is 0.344 e. The van der Waals surface area contributed by atoms with Crippen LogP contribution in [0.2, 0.25) is 0 Å². The van der Waals surface area contributed by atoms with E-state index < -0.39 is 11.6 Å². The molecule has 0 spiro atoms. The molecule has 0 atom stereocenters. The van der Waals surface area contributed by atoms with Gasteiger partial charge in [-0.05, 0) is 36.6 Å². The average Bonchev–Trinajstić information content (AvgIpc) is 2.68. The molecule has 0 bridgehead atoms. The number of esters is 1. The third-order valence-corrected chi connectivity index (χ3v) is 4.30. The van der Waals surface area contributed by atoms with Crippen molar-refractivity contribution in [2.24, 2.45) is 0 Å². The zero-order valence-corrected chi connectivity index (χ0v) is 15.5. The fourth-order valence-corrected chi connectivity index (χ4v) is 2.86. The van der Waals surface area contributed by atoms with Gasteiger partial charge in [-0.2, -0.15) is 0 Å². The molecule has 0 aliphatic heterocycles. The number of fused-ring (bicyclic) bond motifs is 1. The Morgan fingerprint density at radius 2 is 1.89 bits per heavy atom. The lowest BCUT2D eigenvalue weighted by Gasteiger charge is -2.12. The van der Waals surface area contributed by atoms with Gasteiger partial charge in [-0.1, -0.05) is 43.7 Å². The number of carbonyl (C=O) groups is 1. The van der Waals surface area contributed by atoms with Crippen LogP contribution >= 0.6 is 0 Å². The van der Waals surface area contributed by atoms with E-state index in [1.807, 2.05) is 43.3 Å². The topological polar surface area (TPSA) is 65.7 Å². The number of benzene rings is 2. The first-order valence-electron chi connectivity index (χ1n) is 9.01. The van der Waals surface area contributed by atoms with E-state index >= 15 is 0 Å². The van der Waals surface area contributed by atoms with Crippen molar-refractivity contribution in [3.8, 4) is 16.9 Å². The Hall–Kier alpha value is -3.08. The molecule has 1 heterocycles. The van der Waals surface area contributed by atoms with Gasteiger partial charge in [0.15, 0.2) is 6.61 Å². The molecule has 0 saturated heterocycles. The second-order valence-corrected chi connectivity index (χ2v) is 6.27. The lowest BCUT2D eigenvalue weighted by molar-refractivity contribution is -0.146. The van der Waals surface area contributed by atoms with Crippen LogP contribution in [0.5, 0.6) is 5.75 Å². The van der Waals surface area contributed by atoms with Gasteiger partial charge in [-0.25, -0.2) is 9.59 Å². The van der Waals surface area contributed by atoms with Crippen LogP contribution in [0.25, 0.3) is 22.1 Å². The maximum Gasteiger partial charge on any atom is 0.344 e. The van der Waals surface area contributed by atoms with Crippen LogP contribution in [-0.4, -0.2) is 19.2 Å². The molecule has 0 aliphatic carbocycles. The maximum absolute atomic E-state index is 12.1. The molecule has 1 aromatic heterocycles. The summed E-state index contributed by atoms with van der Waals surface area (Å²) in [4.78, 5) is 23.8. The van der Waals surface area contributed by atoms with Gasteiger partial charge in [0.2, 0.25) is 0 Å². The van der Waals surface area contributed by atoms with E-state index in [1.54, 1.807) is 13.0 Å². The first-order valence-corrected chi connectivity index (χ1v) is 9.01. The van der Waals surface area contributed by atoms with E-state index in [0.717, 1.165) is 29.4 Å². The molecule has 140 valence electrons. The van der Waals surface area contributed by atoms with Gasteiger partial charge in [0.05, 0.1) is 6.61 Å². The lowest BCUT2D eigenvalue weighted by atomic mass is 10.0. The monoisotopic (exact) mass is 366 g/mol. The van der Waals surface area contributed by atoms with Gasteiger partial charge in [0.25, 0.3) is 0 Å². The van der Waals surface area contributed by atoms with Crippen LogP contribution in [0.1, 0.15) is 25.3 Å². The Bertz CT molecular complexity index is 989. The highest BCUT2D eigenvalue weighted by atomic mass is 16.6. The molecule has 5 nitrogen and oxygen atoms in total. The van der Waals surface area contributed by atoms with Crippen molar-refractivity contribution in [3.63, 3.8) is 0 Å². The Kier molecular flexibility index (Phi) is 5.91. The molecule has 0 unspecified atom stereocenters. The molecule has 27 heavy (non-hydrogen) atoms. The second kappa shape index (κ2) is 8.54. The fraction of sp³-hybridized carbons (Fsp3) is 0.273. The number of rotatable bonds is 7. The van der Waals surface area contributed by atoms with Crippen molar-refractivity contribution in [2.45, 2.75) is 26.7 Å². The molecule has 0 amide bonds. The Morgan fingerprint density at radius 3 is 2.63 bits per heavy atom. The fourth-order valence-electron chi connectivity index (χ4n) is 2.86. The van der Waals surface area contributed by atoms with E-state index in [9.17, 15) is 9.59 Å². The molecule has 0 aliphatic rings. The summed E-state index contributed by atoms with van der Waals surface area (Å²) in [6.45, 7) is 4.04. The molecule has 0 radical (unpaired) electrons. The van der Waals surface area contributed by atoms with Crippen molar-refractivity contribution >= 4 is 16.9 Å². The van der Waals surface area contributed by atoms with Crippen LogP contribution in [0.3, 0.4) is 0 Å². The normalized spacial score (nSPS) is 10.7. The van der Waals surface area contributed by atoms with E-state index in [-0.39, 0.29) is 6.61 Å². The van der Waals surface area contributed by atoms with Crippen LogP contribution in [-0.2, 0) is 9.53 Å². The number of hydrogen-bond donors (Lipinski definition) is 0. The predicted octanol–water partition coefficient (Wildman–Crippen LogP) is 4.49. The van der Waals surface area contributed by atoms with Crippen LogP contribution in [0, 0.1) is 6.92 Å². The molecule has 3 rings (SSSR count). The van der Waals surface area contributed by atoms with Crippen molar-refractivity contribution in [3.05, 3.63) is 64.5 Å². The first-order chi connectivity index (χ1) is 13.1. The summed E-state index contributed by atoms with van der Waals surface area (Å²) in [6.07, 6.45) is 1.79. The van der Waals surface area contributed by atoms with Gasteiger partial charge in [-0.3, -0.25) is 0 Å². The minimum Gasteiger partial charge on any atom is -0.481 e. The number of aryl methyl sites for hydroxylation is 1. The zero-order chi connectivity index (χ0) is 19.2. The summed E-state index contributed by atoms with van der Waals surface area (Å²) in [5, 5.41) is 0.816. The van der Waals surface area contributed by atoms with Gasteiger partial charge in [0.1, 0.15) is 11.3 Å². The minimum atomic E-state index is -0.430. The van der Waals surface area contributed by atoms with Crippen LogP contribution < -0.4 is 10.4 Å². The van der Waals surface area contributed by atoms with Gasteiger partial charge >= 0.3 is 11.6 Å². The van der Waals surface area contributed by atoms with E-state index in [1.165, 1.54) is 6.07 Å². The third-order valence-electron chi connectivity index (χ3n) is 4.30. The summed E-state index contributed by atoms with van der Waals surface area (Å²) in [7, 11) is 0. The largest absolute Gasteiger partial charge is 0.481 e. The van der Waals surface area contributed by atoms with Crippen molar-refractivity contribution in [2.75, 3.05) is 13.2 Å². The SMILES string of the molecule is CCCCOC(=O)COc1ccc2c(-c3ccccc3)cc(=O)oc2c1C. The Balaban J connectivity index is 1.89. The molecule has 5 heteroatoms. The molecule has 0 saturated carbocycles. The van der Waals surface area contributed by atoms with Crippen LogP contribution in [0.4, 0.5) is 0 Å². The third kappa shape index (κ3) is 4.37. The lowest BCUT2D eigenvalue weighted by Crippen LogP contribution is -2.16. The summed E-state index contributed by atoms with van der Waals surface area (Å²) >= 11 is 0. The summed E-state index contributed by atoms with van der Waals surface area (Å²) in [5.74, 6) is 0.0748. The number of unbranched alkanes of at least 4 members (excludes halogenated alkanes) is 1. The Morgan fingerprint density at radius 1 is 1.11 bits per heavy atom. The number of hydrogen-bond acceptors (Lipinski definition) is 5. The van der Waals surface area contributed by atoms with Gasteiger partial charge < -0.3 is 13.9 Å². The molecule has 0 N–H and O–H groups in total. The van der Waals surface area contributed by atoms with E-state index in [4.69, 9.17) is 13.9 Å². The minimum absolute atomic E-state index is 0.182. The first kappa shape index (κ1) is 18.7. The van der Waals surface area contributed by atoms with Gasteiger partial charge in [0, 0.05) is 17.0 Å². The van der Waals surface area contributed by atoms with E-state index in [2.05, 4.69) is 0 Å². The molecule has 3 aromatic rings. The maximum atomic E-state index is 12.1. The average molecular weight is 366 g/mol. The quantitative estimate of drug-likeness (QED) is 0.350. The number of carbonyl (C=O) groups excluding carboxylic acids is 1. The van der Waals surface area contributed by atoms with Gasteiger partial charge in [-0.15, -0.1) is 0 Å². The highest BCUT2D eigenvalue weighted by Crippen LogP contribution is 2.32. The van der Waals surface area contributed by atoms with E-state index in [0.29, 0.717) is 23.5 Å². The number of ether oxygens (including phenoxy) is 2. The van der Waals surface area contributed by atoms with Crippen molar-refractivity contribution in [1.29, 1.82) is 0 Å². The second-order valence-electron chi connectivity index (χ2n) is 6.27. The molecule has 2 aromatic carbocycles. The summed E-state index contributed by atoms with van der Waals surface area (Å²) in [6, 6.07) is 14.8. The Labute approximate surface area is 157 Å². The van der Waals surface area contributed by atoms with Crippen molar-refractivity contribution in [1.82, 2.24) is 0 Å². The zero-order valence-electron chi connectivity index (χ0n) is 15.5. The highest BCUT2D eigenvalue weighted by molar-refractivity contribution is 5.95. The standard InChI is InChI=1S/C22H22O5/c1-3-4-12-25-21(24)14-26-19-11-10-17-18(16-8-6-5-7-9-16)13-20(23)27-22(17)15(19)2/h5-11,13H,3-4,12,14H2,1-2H3. The highest BCUT2D eigenvalue weighted by Gasteiger charge is 2.14. The molecule has 0 fully saturated rings. The van der Waals surface area contributed by atoms with Crippen molar-refractivity contribution < 1.29 is 18.7 Å². The summed E-state index contributed by atoms with van der Waals surface area (Å²) in [5.41, 5.74) is 2.43. The van der Waals surface area contributed by atoms with Crippen LogP contribution in [0.15, 0.2) is 57.7 Å².